The van der Waals surface area contributed by atoms with Gasteiger partial charge in [0.15, 0.2) is 15.4 Å². The normalized spacial score (nSPS) is 22.4. The van der Waals surface area contributed by atoms with Gasteiger partial charge in [-0.2, -0.15) is 0 Å². The third-order valence-electron chi connectivity index (χ3n) is 6.68. The molecule has 2 aromatic carbocycles. The smallest absolute Gasteiger partial charge is 0.263 e. The van der Waals surface area contributed by atoms with Crippen molar-refractivity contribution in [1.29, 1.82) is 0 Å². The van der Waals surface area contributed by atoms with Crippen LogP contribution < -0.4 is 19.7 Å². The molecule has 9 heteroatoms. The molecule has 0 aliphatic carbocycles. The molecule has 2 aromatic rings. The first-order valence-electron chi connectivity index (χ1n) is 11.4. The number of hydrogen-bond donors (Lipinski definition) is 1. The van der Waals surface area contributed by atoms with Crippen molar-refractivity contribution in [3.05, 3.63) is 47.5 Å². The van der Waals surface area contributed by atoms with Crippen LogP contribution in [0.3, 0.4) is 0 Å². The maximum atomic E-state index is 13.1. The fraction of sp³-hybridized carbons (Fsp3) is 0.480. The van der Waals surface area contributed by atoms with Crippen LogP contribution in [-0.4, -0.2) is 51.4 Å². The molecule has 7 nitrogen and oxygen atoms in total. The number of piperidine rings is 1. The number of amides is 1. The fourth-order valence-corrected chi connectivity index (χ4v) is 5.79. The molecule has 1 amide bonds. The van der Waals surface area contributed by atoms with Crippen LogP contribution in [0, 0.1) is 0 Å². The maximum Gasteiger partial charge on any atom is 0.263 e. The summed E-state index contributed by atoms with van der Waals surface area (Å²) < 4.78 is 34.7. The summed E-state index contributed by atoms with van der Waals surface area (Å²) in [5.41, 5.74) is -0.0712. The number of methoxy groups -OCH3 is 1. The van der Waals surface area contributed by atoms with Crippen LogP contribution >= 0.6 is 11.6 Å². The number of anilines is 1. The number of hydrogen-bond acceptors (Lipinski definition) is 6. The molecular formula is C25H31ClN2O5S. The van der Waals surface area contributed by atoms with E-state index >= 15 is 0 Å². The summed E-state index contributed by atoms with van der Waals surface area (Å²) in [6.07, 6.45) is 4.97. The lowest BCUT2D eigenvalue weighted by molar-refractivity contribution is -0.135. The van der Waals surface area contributed by atoms with Gasteiger partial charge in [-0.25, -0.2) is 8.42 Å². The quantitative estimate of drug-likeness (QED) is 0.605. The number of nitrogens with zero attached hydrogens (tertiary/aromatic N) is 1. The second-order valence-electron chi connectivity index (χ2n) is 9.61. The molecule has 2 bridgehead atoms. The summed E-state index contributed by atoms with van der Waals surface area (Å²) in [6.45, 7) is 3.46. The fourth-order valence-electron chi connectivity index (χ4n) is 4.95. The van der Waals surface area contributed by atoms with E-state index in [2.05, 4.69) is 10.2 Å². The number of benzene rings is 2. The summed E-state index contributed by atoms with van der Waals surface area (Å²) >= 11 is 6.29. The van der Waals surface area contributed by atoms with Gasteiger partial charge >= 0.3 is 0 Å². The second kappa shape index (κ2) is 9.30. The van der Waals surface area contributed by atoms with Gasteiger partial charge in [-0.05, 0) is 75.9 Å². The van der Waals surface area contributed by atoms with Gasteiger partial charge < -0.3 is 19.7 Å². The van der Waals surface area contributed by atoms with Crippen LogP contribution in [0.1, 0.15) is 39.5 Å². The molecule has 1 N–H and O–H groups in total. The van der Waals surface area contributed by atoms with Crippen molar-refractivity contribution in [2.24, 2.45) is 0 Å². The van der Waals surface area contributed by atoms with Crippen molar-refractivity contribution >= 4 is 33.0 Å². The van der Waals surface area contributed by atoms with Crippen molar-refractivity contribution in [2.75, 3.05) is 18.3 Å². The van der Waals surface area contributed by atoms with Crippen LogP contribution in [0.25, 0.3) is 0 Å². The SMILES string of the molecule is COc1ccc(OC(C)(C)C(=O)NC2CC3CCC(C2)N3c2ccc(S(C)(=O)=O)cc2)c(Cl)c1. The van der Waals surface area contributed by atoms with E-state index in [0.29, 0.717) is 33.5 Å². The molecule has 34 heavy (non-hydrogen) atoms. The molecule has 184 valence electrons. The molecule has 2 heterocycles. The minimum atomic E-state index is -3.22. The largest absolute Gasteiger partial charge is 0.497 e. The van der Waals surface area contributed by atoms with Crippen molar-refractivity contribution in [2.45, 2.75) is 68.2 Å². The van der Waals surface area contributed by atoms with E-state index in [9.17, 15) is 13.2 Å². The number of halogens is 1. The van der Waals surface area contributed by atoms with Crippen molar-refractivity contribution < 1.29 is 22.7 Å². The average Bonchev–Trinajstić information content (AvgIpc) is 3.04. The minimum Gasteiger partial charge on any atom is -0.497 e. The Morgan fingerprint density at radius 1 is 1.09 bits per heavy atom. The second-order valence-corrected chi connectivity index (χ2v) is 12.0. The van der Waals surface area contributed by atoms with Crippen LogP contribution in [0.4, 0.5) is 5.69 Å². The molecule has 2 saturated heterocycles. The first-order chi connectivity index (χ1) is 16.0. The summed E-state index contributed by atoms with van der Waals surface area (Å²) in [4.78, 5) is 15.8. The number of fused-ring (bicyclic) bond motifs is 2. The number of nitrogens with one attached hydrogen (secondary N) is 1. The monoisotopic (exact) mass is 506 g/mol. The highest BCUT2D eigenvalue weighted by Crippen LogP contribution is 2.40. The summed E-state index contributed by atoms with van der Waals surface area (Å²) in [6, 6.07) is 12.8. The third-order valence-corrected chi connectivity index (χ3v) is 8.11. The molecule has 2 unspecified atom stereocenters. The average molecular weight is 507 g/mol. The zero-order valence-electron chi connectivity index (χ0n) is 19.9. The molecule has 4 rings (SSSR count). The Hall–Kier alpha value is -2.45. The number of ether oxygens (including phenoxy) is 2. The van der Waals surface area contributed by atoms with Crippen molar-refractivity contribution in [3.8, 4) is 11.5 Å². The Bertz CT molecular complexity index is 1150. The Labute approximate surface area is 206 Å². The van der Waals surface area contributed by atoms with Gasteiger partial charge in [-0.15, -0.1) is 0 Å². The minimum absolute atomic E-state index is 0.0470. The Balaban J connectivity index is 1.40. The summed E-state index contributed by atoms with van der Waals surface area (Å²) in [7, 11) is -1.66. The van der Waals surface area contributed by atoms with Gasteiger partial charge in [0.05, 0.1) is 17.0 Å². The van der Waals surface area contributed by atoms with Crippen LogP contribution in [-0.2, 0) is 14.6 Å². The summed E-state index contributed by atoms with van der Waals surface area (Å²) in [5, 5.41) is 3.57. The Morgan fingerprint density at radius 3 is 2.24 bits per heavy atom. The third kappa shape index (κ3) is 5.13. The van der Waals surface area contributed by atoms with E-state index in [1.54, 1.807) is 51.3 Å². The molecule has 2 aliphatic heterocycles. The maximum absolute atomic E-state index is 13.1. The first-order valence-corrected chi connectivity index (χ1v) is 13.7. The molecular weight excluding hydrogens is 476 g/mol. The number of carbonyl (C=O) groups excluding carboxylic acids is 1. The molecule has 2 fully saturated rings. The van der Waals surface area contributed by atoms with Crippen LogP contribution in [0.2, 0.25) is 5.02 Å². The zero-order chi connectivity index (χ0) is 24.7. The first kappa shape index (κ1) is 24.7. The predicted octanol–water partition coefficient (Wildman–Crippen LogP) is 4.23. The lowest BCUT2D eigenvalue weighted by Crippen LogP contribution is -2.55. The number of rotatable bonds is 7. The van der Waals surface area contributed by atoms with Gasteiger partial charge in [0, 0.05) is 36.1 Å². The highest BCUT2D eigenvalue weighted by atomic mass is 35.5. The van der Waals surface area contributed by atoms with Gasteiger partial charge in [0.2, 0.25) is 0 Å². The van der Waals surface area contributed by atoms with Crippen LogP contribution in [0.15, 0.2) is 47.4 Å². The molecule has 2 atom stereocenters. The number of sulfone groups is 1. The number of carbonyl (C=O) groups is 1. The molecule has 0 radical (unpaired) electrons. The molecule has 0 aromatic heterocycles. The Kier molecular flexibility index (Phi) is 6.75. The van der Waals surface area contributed by atoms with E-state index in [1.165, 1.54) is 6.26 Å². The summed E-state index contributed by atoms with van der Waals surface area (Å²) in [5.74, 6) is 0.859. The van der Waals surface area contributed by atoms with E-state index < -0.39 is 15.4 Å². The van der Waals surface area contributed by atoms with Crippen molar-refractivity contribution in [3.63, 3.8) is 0 Å². The molecule has 0 spiro atoms. The molecule has 2 aliphatic rings. The van der Waals surface area contributed by atoms with Gasteiger partial charge in [-0.3, -0.25) is 4.79 Å². The van der Waals surface area contributed by atoms with Gasteiger partial charge in [0.25, 0.3) is 5.91 Å². The molecule has 0 saturated carbocycles. The lowest BCUT2D eigenvalue weighted by atomic mass is 9.95. The predicted molar refractivity (Wildman–Crippen MR) is 133 cm³/mol. The van der Waals surface area contributed by atoms with E-state index in [0.717, 1.165) is 31.4 Å². The van der Waals surface area contributed by atoms with Crippen molar-refractivity contribution in [1.82, 2.24) is 5.32 Å². The van der Waals surface area contributed by atoms with E-state index in [1.807, 2.05) is 12.1 Å². The standard InChI is InChI=1S/C25H31ClN2O5S/c1-25(2,33-23-12-9-20(32-3)15-22(23)26)24(29)27-16-13-18-5-6-19(14-16)28(18)17-7-10-21(11-8-17)34(4,30)31/h7-12,15-16,18-19H,5-6,13-14H2,1-4H3,(H,27,29). The Morgan fingerprint density at radius 2 is 1.71 bits per heavy atom. The zero-order valence-corrected chi connectivity index (χ0v) is 21.4. The highest BCUT2D eigenvalue weighted by molar-refractivity contribution is 7.90. The van der Waals surface area contributed by atoms with E-state index in [-0.39, 0.29) is 11.9 Å². The topological polar surface area (TPSA) is 84.9 Å². The van der Waals surface area contributed by atoms with Gasteiger partial charge in [0.1, 0.15) is 11.5 Å². The van der Waals surface area contributed by atoms with Gasteiger partial charge in [-0.1, -0.05) is 11.6 Å². The van der Waals surface area contributed by atoms with Crippen LogP contribution in [0.5, 0.6) is 11.5 Å². The highest BCUT2D eigenvalue weighted by Gasteiger charge is 2.42. The van der Waals surface area contributed by atoms with E-state index in [4.69, 9.17) is 21.1 Å². The lowest BCUT2D eigenvalue weighted by Gasteiger charge is -2.41.